The molecule has 1 aromatic carbocycles. The van der Waals surface area contributed by atoms with Crippen LogP contribution in [0.3, 0.4) is 0 Å². The van der Waals surface area contributed by atoms with E-state index < -0.39 is 0 Å². The number of thiophene rings is 1. The van der Waals surface area contributed by atoms with Crippen molar-refractivity contribution in [2.24, 2.45) is 5.92 Å². The van der Waals surface area contributed by atoms with Crippen molar-refractivity contribution in [2.75, 3.05) is 0 Å². The van der Waals surface area contributed by atoms with Crippen LogP contribution < -0.4 is 5.32 Å². The maximum atomic E-state index is 12.6. The van der Waals surface area contributed by atoms with Crippen LogP contribution in [0.2, 0.25) is 0 Å². The van der Waals surface area contributed by atoms with Gasteiger partial charge in [-0.25, -0.2) is 4.98 Å². The molecule has 2 heterocycles. The van der Waals surface area contributed by atoms with Crippen molar-refractivity contribution >= 4 is 28.3 Å². The maximum Gasteiger partial charge on any atom is 0.261 e. The van der Waals surface area contributed by atoms with E-state index in [1.807, 2.05) is 35.7 Å². The molecule has 0 aliphatic rings. The molecule has 0 saturated carbocycles. The summed E-state index contributed by atoms with van der Waals surface area (Å²) < 4.78 is 2.23. The average molecular weight is 341 g/mol. The Balaban J connectivity index is 2.04. The van der Waals surface area contributed by atoms with Gasteiger partial charge < -0.3 is 9.88 Å². The summed E-state index contributed by atoms with van der Waals surface area (Å²) in [5.74, 6) is 1.13. The number of nitrogens with zero attached hydrogens (tertiary/aromatic N) is 2. The number of amides is 1. The van der Waals surface area contributed by atoms with Crippen molar-refractivity contribution in [1.82, 2.24) is 14.9 Å². The van der Waals surface area contributed by atoms with Crippen LogP contribution in [0.5, 0.6) is 0 Å². The number of hydrogen-bond donors (Lipinski definition) is 1. The van der Waals surface area contributed by atoms with Crippen molar-refractivity contribution in [1.29, 1.82) is 0 Å². The Morgan fingerprint density at radius 1 is 1.12 bits per heavy atom. The van der Waals surface area contributed by atoms with Crippen molar-refractivity contribution in [2.45, 2.75) is 39.8 Å². The number of benzene rings is 1. The molecule has 0 aliphatic heterocycles. The first-order valence-corrected chi connectivity index (χ1v) is 9.18. The number of carbonyl (C=O) groups excluding carboxylic acids is 1. The molecule has 0 saturated heterocycles. The first-order chi connectivity index (χ1) is 11.5. The third-order valence-electron chi connectivity index (χ3n) is 4.12. The van der Waals surface area contributed by atoms with Gasteiger partial charge in [-0.2, -0.15) is 0 Å². The van der Waals surface area contributed by atoms with Gasteiger partial charge in [0.2, 0.25) is 0 Å². The van der Waals surface area contributed by atoms with Crippen LogP contribution in [0.4, 0.5) is 0 Å². The topological polar surface area (TPSA) is 46.9 Å². The normalized spacial score (nSPS) is 12.9. The standard InChI is InChI=1S/C19H23N3OS/c1-12(2)17(21-19(23)16-10-7-11-24-16)18-20-14-8-5-6-9-15(14)22(18)13(3)4/h5-13,17H,1-4H3,(H,21,23). The molecule has 3 rings (SSSR count). The number of aromatic nitrogens is 2. The minimum absolute atomic E-state index is 0.0361. The molecule has 5 heteroatoms. The van der Waals surface area contributed by atoms with Gasteiger partial charge in [-0.05, 0) is 43.3 Å². The van der Waals surface area contributed by atoms with E-state index in [4.69, 9.17) is 4.98 Å². The van der Waals surface area contributed by atoms with E-state index >= 15 is 0 Å². The molecule has 2 aromatic heterocycles. The highest BCUT2D eigenvalue weighted by Crippen LogP contribution is 2.29. The fourth-order valence-electron chi connectivity index (χ4n) is 2.97. The van der Waals surface area contributed by atoms with Crippen LogP contribution in [0.1, 0.15) is 55.3 Å². The SMILES string of the molecule is CC(C)C(NC(=O)c1cccs1)c1nc2ccccc2n1C(C)C. The second-order valence-electron chi connectivity index (χ2n) is 6.59. The number of nitrogens with one attached hydrogen (secondary N) is 1. The van der Waals surface area contributed by atoms with Gasteiger partial charge in [0.1, 0.15) is 5.82 Å². The molecule has 0 bridgehead atoms. The minimum atomic E-state index is -0.130. The van der Waals surface area contributed by atoms with Crippen molar-refractivity contribution in [3.05, 3.63) is 52.5 Å². The summed E-state index contributed by atoms with van der Waals surface area (Å²) in [5, 5.41) is 5.10. The molecule has 24 heavy (non-hydrogen) atoms. The summed E-state index contributed by atoms with van der Waals surface area (Å²) >= 11 is 1.46. The Morgan fingerprint density at radius 2 is 1.88 bits per heavy atom. The van der Waals surface area contributed by atoms with Crippen molar-refractivity contribution in [3.8, 4) is 0 Å². The van der Waals surface area contributed by atoms with E-state index in [1.165, 1.54) is 11.3 Å². The maximum absolute atomic E-state index is 12.6. The lowest BCUT2D eigenvalue weighted by molar-refractivity contribution is 0.0926. The van der Waals surface area contributed by atoms with Crippen LogP contribution in [-0.4, -0.2) is 15.5 Å². The number of imidazole rings is 1. The first kappa shape index (κ1) is 16.7. The number of hydrogen-bond acceptors (Lipinski definition) is 3. The van der Waals surface area contributed by atoms with E-state index in [2.05, 4.69) is 43.6 Å². The highest BCUT2D eigenvalue weighted by atomic mass is 32.1. The molecule has 0 spiro atoms. The predicted octanol–water partition coefficient (Wildman–Crippen LogP) is 4.81. The Hall–Kier alpha value is -2.14. The quantitative estimate of drug-likeness (QED) is 0.724. The summed E-state index contributed by atoms with van der Waals surface area (Å²) in [4.78, 5) is 18.1. The molecule has 4 nitrogen and oxygen atoms in total. The monoisotopic (exact) mass is 341 g/mol. The average Bonchev–Trinajstić information content (AvgIpc) is 3.18. The van der Waals surface area contributed by atoms with Gasteiger partial charge in [-0.15, -0.1) is 11.3 Å². The van der Waals surface area contributed by atoms with E-state index in [0.29, 0.717) is 0 Å². The van der Waals surface area contributed by atoms with Gasteiger partial charge in [-0.1, -0.05) is 32.0 Å². The lowest BCUT2D eigenvalue weighted by Crippen LogP contribution is -2.33. The molecule has 0 aliphatic carbocycles. The summed E-state index contributed by atoms with van der Waals surface area (Å²) in [6, 6.07) is 12.0. The molecule has 1 amide bonds. The van der Waals surface area contributed by atoms with E-state index in [1.54, 1.807) is 0 Å². The fraction of sp³-hybridized carbons (Fsp3) is 0.368. The van der Waals surface area contributed by atoms with Crippen LogP contribution in [0.15, 0.2) is 41.8 Å². The first-order valence-electron chi connectivity index (χ1n) is 8.30. The summed E-state index contributed by atoms with van der Waals surface area (Å²) in [6.45, 7) is 8.53. The zero-order chi connectivity index (χ0) is 17.3. The molecule has 1 unspecified atom stereocenters. The number of rotatable bonds is 5. The highest BCUT2D eigenvalue weighted by molar-refractivity contribution is 7.12. The highest BCUT2D eigenvalue weighted by Gasteiger charge is 2.26. The third-order valence-corrected chi connectivity index (χ3v) is 4.98. The lowest BCUT2D eigenvalue weighted by atomic mass is 10.0. The second kappa shape index (κ2) is 6.77. The third kappa shape index (κ3) is 3.08. The Labute approximate surface area is 146 Å². The summed E-state index contributed by atoms with van der Waals surface area (Å²) in [5.41, 5.74) is 2.08. The zero-order valence-corrected chi connectivity index (χ0v) is 15.3. The van der Waals surface area contributed by atoms with Crippen molar-refractivity contribution < 1.29 is 4.79 Å². The number of carbonyl (C=O) groups is 1. The second-order valence-corrected chi connectivity index (χ2v) is 7.54. The van der Waals surface area contributed by atoms with Crippen LogP contribution >= 0.6 is 11.3 Å². The molecule has 0 radical (unpaired) electrons. The fourth-order valence-corrected chi connectivity index (χ4v) is 3.60. The smallest absolute Gasteiger partial charge is 0.261 e. The summed E-state index contributed by atoms with van der Waals surface area (Å²) in [6.07, 6.45) is 0. The van der Waals surface area contributed by atoms with Gasteiger partial charge in [0.15, 0.2) is 0 Å². The largest absolute Gasteiger partial charge is 0.341 e. The van der Waals surface area contributed by atoms with Crippen molar-refractivity contribution in [3.63, 3.8) is 0 Å². The van der Waals surface area contributed by atoms with Crippen LogP contribution in [0, 0.1) is 5.92 Å². The van der Waals surface area contributed by atoms with E-state index in [9.17, 15) is 4.79 Å². The Kier molecular flexibility index (Phi) is 4.71. The van der Waals surface area contributed by atoms with Gasteiger partial charge in [0.25, 0.3) is 5.91 Å². The molecular formula is C19H23N3OS. The van der Waals surface area contributed by atoms with E-state index in [-0.39, 0.29) is 23.9 Å². The molecule has 126 valence electrons. The van der Waals surface area contributed by atoms with Crippen LogP contribution in [-0.2, 0) is 0 Å². The van der Waals surface area contributed by atoms with Gasteiger partial charge in [-0.3, -0.25) is 4.79 Å². The van der Waals surface area contributed by atoms with E-state index in [0.717, 1.165) is 21.7 Å². The minimum Gasteiger partial charge on any atom is -0.341 e. The Bertz CT molecular complexity index is 834. The number of fused-ring (bicyclic) bond motifs is 1. The zero-order valence-electron chi connectivity index (χ0n) is 14.5. The lowest BCUT2D eigenvalue weighted by Gasteiger charge is -2.24. The molecule has 1 N–H and O–H groups in total. The number of para-hydroxylation sites is 2. The summed E-state index contributed by atoms with van der Waals surface area (Å²) in [7, 11) is 0. The van der Waals surface area contributed by atoms with Crippen LogP contribution in [0.25, 0.3) is 11.0 Å². The predicted molar refractivity (Wildman–Crippen MR) is 99.5 cm³/mol. The molecule has 3 aromatic rings. The van der Waals surface area contributed by atoms with Gasteiger partial charge >= 0.3 is 0 Å². The molecule has 1 atom stereocenters. The van der Waals surface area contributed by atoms with Gasteiger partial charge in [0, 0.05) is 6.04 Å². The van der Waals surface area contributed by atoms with Gasteiger partial charge in [0.05, 0.1) is 22.0 Å². The molecule has 0 fully saturated rings. The molecular weight excluding hydrogens is 318 g/mol. The Morgan fingerprint density at radius 3 is 2.50 bits per heavy atom.